The molecule has 0 bridgehead atoms. The first-order chi connectivity index (χ1) is 14.0. The van der Waals surface area contributed by atoms with Gasteiger partial charge in [-0.2, -0.15) is 10.2 Å². The number of para-hydroxylation sites is 1. The summed E-state index contributed by atoms with van der Waals surface area (Å²) in [4.78, 5) is 37.8. The molecule has 0 radical (unpaired) electrons. The Morgan fingerprint density at radius 2 is 2.00 bits per heavy atom. The van der Waals surface area contributed by atoms with Crippen LogP contribution in [0.5, 0.6) is 0 Å². The van der Waals surface area contributed by atoms with Crippen LogP contribution in [-0.2, 0) is 17.9 Å². The van der Waals surface area contributed by atoms with Gasteiger partial charge in [-0.05, 0) is 32.0 Å². The zero-order valence-electron chi connectivity index (χ0n) is 15.7. The molecular formula is C19H15N7O3. The van der Waals surface area contributed by atoms with Crippen molar-refractivity contribution < 1.29 is 9.53 Å². The minimum Gasteiger partial charge on any atom is -0.452 e. The number of ether oxygens (including phenoxy) is 1. The van der Waals surface area contributed by atoms with Gasteiger partial charge in [-0.1, -0.05) is 12.1 Å². The van der Waals surface area contributed by atoms with Gasteiger partial charge in [-0.15, -0.1) is 5.10 Å². The number of fused-ring (bicyclic) bond motifs is 2. The highest BCUT2D eigenvalue weighted by Gasteiger charge is 2.18. The molecule has 0 saturated carbocycles. The molecular weight excluding hydrogens is 374 g/mol. The lowest BCUT2D eigenvalue weighted by atomic mass is 10.2. The Balaban J connectivity index is 1.65. The first kappa shape index (κ1) is 18.2. The summed E-state index contributed by atoms with van der Waals surface area (Å²) in [6, 6.07) is 10.5. The highest BCUT2D eigenvalue weighted by atomic mass is 16.5. The van der Waals surface area contributed by atoms with Gasteiger partial charge >= 0.3 is 5.97 Å². The standard InChI is InChI=1S/C19H15N7O3/c1-11-9-12(2)26-19(21-11)23-16(24-26)18(28)29-10-15-22-14-6-4-3-5-13(14)17(27)25(15)8-7-20/h3-6,9H,8,10H2,1-2H3. The summed E-state index contributed by atoms with van der Waals surface area (Å²) < 4.78 is 7.90. The van der Waals surface area contributed by atoms with Crippen LogP contribution in [0.4, 0.5) is 0 Å². The lowest BCUT2D eigenvalue weighted by Gasteiger charge is -2.10. The molecule has 29 heavy (non-hydrogen) atoms. The van der Waals surface area contributed by atoms with Gasteiger partial charge in [0.2, 0.25) is 0 Å². The fraction of sp³-hybridized carbons (Fsp3) is 0.211. The lowest BCUT2D eigenvalue weighted by Crippen LogP contribution is -2.26. The zero-order chi connectivity index (χ0) is 20.5. The molecule has 0 aliphatic carbocycles. The average molecular weight is 389 g/mol. The number of aromatic nitrogens is 6. The van der Waals surface area contributed by atoms with E-state index in [4.69, 9.17) is 10.00 Å². The van der Waals surface area contributed by atoms with Crippen LogP contribution >= 0.6 is 0 Å². The van der Waals surface area contributed by atoms with E-state index in [9.17, 15) is 9.59 Å². The third-order valence-electron chi connectivity index (χ3n) is 4.30. The summed E-state index contributed by atoms with van der Waals surface area (Å²) in [7, 11) is 0. The van der Waals surface area contributed by atoms with Gasteiger partial charge < -0.3 is 4.74 Å². The number of hydrogen-bond donors (Lipinski definition) is 0. The van der Waals surface area contributed by atoms with Crippen LogP contribution in [0.25, 0.3) is 16.7 Å². The van der Waals surface area contributed by atoms with Gasteiger partial charge in [0.25, 0.3) is 17.2 Å². The summed E-state index contributed by atoms with van der Waals surface area (Å²) in [6.45, 7) is 3.13. The Labute approximate surface area is 164 Å². The van der Waals surface area contributed by atoms with Gasteiger partial charge in [-0.3, -0.25) is 9.36 Å². The van der Waals surface area contributed by atoms with E-state index in [2.05, 4.69) is 20.1 Å². The molecule has 0 amide bonds. The molecule has 0 saturated heterocycles. The van der Waals surface area contributed by atoms with Gasteiger partial charge in [0.1, 0.15) is 13.2 Å². The molecule has 4 rings (SSSR count). The third kappa shape index (κ3) is 3.29. The minimum absolute atomic E-state index is 0.152. The maximum absolute atomic E-state index is 12.6. The number of nitrogens with zero attached hydrogens (tertiary/aromatic N) is 7. The molecule has 3 aromatic heterocycles. The maximum Gasteiger partial charge on any atom is 0.378 e. The van der Waals surface area contributed by atoms with E-state index in [1.54, 1.807) is 24.3 Å². The van der Waals surface area contributed by atoms with Crippen molar-refractivity contribution in [1.82, 2.24) is 29.1 Å². The Hall–Kier alpha value is -4.13. The molecule has 0 atom stereocenters. The highest BCUT2D eigenvalue weighted by Crippen LogP contribution is 2.10. The van der Waals surface area contributed by atoms with E-state index in [-0.39, 0.29) is 30.4 Å². The summed E-state index contributed by atoms with van der Waals surface area (Å²) in [5, 5.41) is 13.6. The Kier molecular flexibility index (Phi) is 4.48. The molecule has 4 aromatic rings. The predicted octanol–water partition coefficient (Wildman–Crippen LogP) is 1.33. The number of nitriles is 1. The Morgan fingerprint density at radius 3 is 2.79 bits per heavy atom. The topological polar surface area (TPSA) is 128 Å². The van der Waals surface area contributed by atoms with Crippen LogP contribution in [0.1, 0.15) is 27.8 Å². The summed E-state index contributed by atoms with van der Waals surface area (Å²) in [6.07, 6.45) is 0. The molecule has 0 N–H and O–H groups in total. The quantitative estimate of drug-likeness (QED) is 0.478. The van der Waals surface area contributed by atoms with E-state index < -0.39 is 5.97 Å². The predicted molar refractivity (Wildman–Crippen MR) is 101 cm³/mol. The van der Waals surface area contributed by atoms with E-state index in [0.29, 0.717) is 16.7 Å². The molecule has 0 spiro atoms. The molecule has 1 aromatic carbocycles. The molecule has 3 heterocycles. The number of rotatable bonds is 4. The van der Waals surface area contributed by atoms with E-state index in [1.807, 2.05) is 26.0 Å². The monoisotopic (exact) mass is 389 g/mol. The van der Waals surface area contributed by atoms with Gasteiger partial charge in [0.05, 0.1) is 17.0 Å². The van der Waals surface area contributed by atoms with Crippen molar-refractivity contribution >= 4 is 22.6 Å². The summed E-state index contributed by atoms with van der Waals surface area (Å²) >= 11 is 0. The number of carbonyl (C=O) groups excluding carboxylic acids is 1. The number of benzene rings is 1. The Morgan fingerprint density at radius 1 is 1.21 bits per heavy atom. The van der Waals surface area contributed by atoms with Crippen molar-refractivity contribution in [2.75, 3.05) is 0 Å². The number of esters is 1. The largest absolute Gasteiger partial charge is 0.452 e. The van der Waals surface area contributed by atoms with Crippen LogP contribution < -0.4 is 5.56 Å². The fourth-order valence-corrected chi connectivity index (χ4v) is 3.01. The van der Waals surface area contributed by atoms with E-state index >= 15 is 0 Å². The first-order valence-corrected chi connectivity index (χ1v) is 8.71. The van der Waals surface area contributed by atoms with Crippen LogP contribution in [-0.4, -0.2) is 35.1 Å². The molecule has 0 aliphatic heterocycles. The molecule has 0 unspecified atom stereocenters. The number of aryl methyl sites for hydroxylation is 2. The summed E-state index contributed by atoms with van der Waals surface area (Å²) in [5.41, 5.74) is 1.62. The van der Waals surface area contributed by atoms with Crippen molar-refractivity contribution in [1.29, 1.82) is 5.26 Å². The second-order valence-electron chi connectivity index (χ2n) is 6.36. The zero-order valence-corrected chi connectivity index (χ0v) is 15.7. The highest BCUT2D eigenvalue weighted by molar-refractivity contribution is 5.85. The van der Waals surface area contributed by atoms with Crippen LogP contribution in [0.3, 0.4) is 0 Å². The first-order valence-electron chi connectivity index (χ1n) is 8.71. The number of hydrogen-bond acceptors (Lipinski definition) is 8. The van der Waals surface area contributed by atoms with E-state index in [1.165, 1.54) is 9.08 Å². The smallest absolute Gasteiger partial charge is 0.378 e. The molecule has 10 heteroatoms. The second-order valence-corrected chi connectivity index (χ2v) is 6.36. The number of carbonyl (C=O) groups is 1. The molecule has 0 fully saturated rings. The van der Waals surface area contributed by atoms with Crippen molar-refractivity contribution in [2.24, 2.45) is 0 Å². The van der Waals surface area contributed by atoms with Gasteiger partial charge in [0, 0.05) is 11.4 Å². The van der Waals surface area contributed by atoms with Crippen molar-refractivity contribution in [3.05, 3.63) is 63.7 Å². The SMILES string of the molecule is Cc1cc(C)n2nc(C(=O)OCc3nc4ccccc4c(=O)n3CC#N)nc2n1. The fourth-order valence-electron chi connectivity index (χ4n) is 3.01. The normalized spacial score (nSPS) is 10.9. The average Bonchev–Trinajstić information content (AvgIpc) is 3.13. The molecule has 144 valence electrons. The van der Waals surface area contributed by atoms with Crippen molar-refractivity contribution in [2.45, 2.75) is 27.0 Å². The Bertz CT molecular complexity index is 1360. The van der Waals surface area contributed by atoms with Crippen molar-refractivity contribution in [3.63, 3.8) is 0 Å². The van der Waals surface area contributed by atoms with Crippen molar-refractivity contribution in [3.8, 4) is 6.07 Å². The minimum atomic E-state index is -0.779. The molecule has 10 nitrogen and oxygen atoms in total. The summed E-state index contributed by atoms with van der Waals surface area (Å²) in [5.74, 6) is -0.475. The van der Waals surface area contributed by atoms with Crippen LogP contribution in [0, 0.1) is 25.2 Å². The second kappa shape index (κ2) is 7.12. The van der Waals surface area contributed by atoms with E-state index in [0.717, 1.165) is 11.4 Å². The molecule has 0 aliphatic rings. The third-order valence-corrected chi connectivity index (χ3v) is 4.30. The van der Waals surface area contributed by atoms with Gasteiger partial charge in [0.15, 0.2) is 5.82 Å². The lowest BCUT2D eigenvalue weighted by molar-refractivity contribution is 0.0443. The maximum atomic E-state index is 12.6. The van der Waals surface area contributed by atoms with Crippen LogP contribution in [0.2, 0.25) is 0 Å². The van der Waals surface area contributed by atoms with Crippen LogP contribution in [0.15, 0.2) is 35.1 Å². The van der Waals surface area contributed by atoms with Gasteiger partial charge in [-0.25, -0.2) is 19.3 Å².